The van der Waals surface area contributed by atoms with Crippen LogP contribution in [0.2, 0.25) is 0 Å². The number of aliphatic carboxylic acids is 1. The van der Waals surface area contributed by atoms with Crippen LogP contribution < -0.4 is 0 Å². The second-order valence-electron chi connectivity index (χ2n) is 17.4. The van der Waals surface area contributed by atoms with E-state index >= 15 is 0 Å². The molecular weight excluding hydrogens is 832 g/mol. The monoisotopic (exact) mass is 894 g/mol. The number of methoxy groups -OCH3 is 1. The number of hydrogen-bond donors (Lipinski definition) is 11. The maximum absolute atomic E-state index is 12.6. The number of aliphatic hydroxyl groups excluding tert-OH is 10. The van der Waals surface area contributed by atoms with Crippen LogP contribution in [-0.2, 0) is 52.3 Å². The molecule has 22 heteroatoms. The Kier molecular flexibility index (Phi) is 17.1. The van der Waals surface area contributed by atoms with Crippen molar-refractivity contribution in [2.24, 2.45) is 17.8 Å². The first kappa shape index (κ1) is 49.0. The van der Waals surface area contributed by atoms with Gasteiger partial charge in [-0.3, -0.25) is 9.59 Å². The first-order valence-corrected chi connectivity index (χ1v) is 21.3. The lowest BCUT2D eigenvalue weighted by Gasteiger charge is -2.53. The maximum atomic E-state index is 12.6. The van der Waals surface area contributed by atoms with Crippen LogP contribution in [0.15, 0.2) is 12.2 Å². The molecule has 0 bridgehead atoms. The number of fused-ring (bicyclic) bond motifs is 1. The standard InChI is InChI=1S/C40H62O22/c1-55-24-9-17(8-21(43)31(24)48)38-25(60-40-37(54)35(52)32(49)26(62-40)14-56-29(46)7-4-16-2-5-18(41)6-3-16)12-20-22(58-38)10-19(42)11-23(20)59-39-36(53)34(51)33(50)27(61-39)15-57-30(47)13-28(44)45/h4,7,16-27,31-43,48-54H,2-3,5-6,8-15H2,1H3,(H,44,45). The van der Waals surface area contributed by atoms with Crippen LogP contribution in [0.4, 0.5) is 0 Å². The Hall–Kier alpha value is -2.49. The van der Waals surface area contributed by atoms with E-state index in [4.69, 9.17) is 43.0 Å². The molecule has 0 spiro atoms. The third kappa shape index (κ3) is 11.8. The van der Waals surface area contributed by atoms with E-state index in [2.05, 4.69) is 0 Å². The second-order valence-corrected chi connectivity index (χ2v) is 17.4. The quantitative estimate of drug-likeness (QED) is 0.0451. The van der Waals surface area contributed by atoms with Gasteiger partial charge in [-0.2, -0.15) is 0 Å². The summed E-state index contributed by atoms with van der Waals surface area (Å²) in [5, 5.41) is 116. The molecule has 3 saturated carbocycles. The molecule has 20 unspecified atom stereocenters. The molecular formula is C40H62O22. The molecule has 3 aliphatic heterocycles. The molecule has 3 aliphatic carbocycles. The van der Waals surface area contributed by atoms with Crippen LogP contribution in [0.25, 0.3) is 0 Å². The molecule has 20 atom stereocenters. The highest BCUT2D eigenvalue weighted by Crippen LogP contribution is 2.45. The van der Waals surface area contributed by atoms with E-state index in [1.807, 2.05) is 0 Å². The zero-order valence-electron chi connectivity index (χ0n) is 34.3. The van der Waals surface area contributed by atoms with E-state index in [-0.39, 0.29) is 44.1 Å². The van der Waals surface area contributed by atoms with Gasteiger partial charge in [0, 0.05) is 25.5 Å². The van der Waals surface area contributed by atoms with Crippen LogP contribution >= 0.6 is 0 Å². The fraction of sp³-hybridized carbons (Fsp3) is 0.875. The van der Waals surface area contributed by atoms with Crippen LogP contribution in [0.5, 0.6) is 0 Å². The molecule has 6 fully saturated rings. The minimum absolute atomic E-state index is 0.0229. The minimum Gasteiger partial charge on any atom is -0.481 e. The van der Waals surface area contributed by atoms with E-state index in [0.29, 0.717) is 25.7 Å². The van der Waals surface area contributed by atoms with Crippen molar-refractivity contribution in [3.8, 4) is 0 Å². The molecule has 0 aromatic carbocycles. The van der Waals surface area contributed by atoms with Crippen molar-refractivity contribution in [3.05, 3.63) is 12.2 Å². The highest BCUT2D eigenvalue weighted by Gasteiger charge is 2.55. The van der Waals surface area contributed by atoms with E-state index in [1.54, 1.807) is 6.08 Å². The van der Waals surface area contributed by atoms with Crippen LogP contribution in [0, 0.1) is 17.8 Å². The summed E-state index contributed by atoms with van der Waals surface area (Å²) in [6, 6.07) is 0. The highest BCUT2D eigenvalue weighted by molar-refractivity contribution is 5.90. The second kappa shape index (κ2) is 21.7. The molecule has 11 N–H and O–H groups in total. The van der Waals surface area contributed by atoms with E-state index in [0.717, 1.165) is 0 Å². The van der Waals surface area contributed by atoms with Crippen molar-refractivity contribution in [3.63, 3.8) is 0 Å². The van der Waals surface area contributed by atoms with Gasteiger partial charge in [-0.25, -0.2) is 4.79 Å². The predicted molar refractivity (Wildman–Crippen MR) is 202 cm³/mol. The van der Waals surface area contributed by atoms with Crippen LogP contribution in [0.1, 0.15) is 64.2 Å². The summed E-state index contributed by atoms with van der Waals surface area (Å²) >= 11 is 0. The van der Waals surface area contributed by atoms with Gasteiger partial charge in [0.2, 0.25) is 0 Å². The highest BCUT2D eigenvalue weighted by atomic mass is 16.7. The van der Waals surface area contributed by atoms with Gasteiger partial charge in [0.15, 0.2) is 12.6 Å². The third-order valence-corrected chi connectivity index (χ3v) is 13.1. The minimum atomic E-state index is -1.87. The first-order chi connectivity index (χ1) is 29.4. The van der Waals surface area contributed by atoms with Crippen LogP contribution in [0.3, 0.4) is 0 Å². The summed E-state index contributed by atoms with van der Waals surface area (Å²) in [7, 11) is 1.37. The molecule has 3 heterocycles. The summed E-state index contributed by atoms with van der Waals surface area (Å²) < 4.78 is 46.6. The number of esters is 2. The fourth-order valence-electron chi connectivity index (χ4n) is 9.56. The Bertz CT molecular complexity index is 1510. The lowest BCUT2D eigenvalue weighted by molar-refractivity contribution is -0.345. The van der Waals surface area contributed by atoms with E-state index < -0.39 is 160 Å². The Morgan fingerprint density at radius 1 is 0.613 bits per heavy atom. The topological polar surface area (TPSA) is 348 Å². The number of ether oxygens (including phenoxy) is 8. The Morgan fingerprint density at radius 3 is 1.81 bits per heavy atom. The Balaban J connectivity index is 1.19. The average molecular weight is 895 g/mol. The van der Waals surface area contributed by atoms with Gasteiger partial charge in [-0.15, -0.1) is 0 Å². The molecule has 0 amide bonds. The Morgan fingerprint density at radius 2 is 1.21 bits per heavy atom. The van der Waals surface area contributed by atoms with Crippen molar-refractivity contribution in [2.45, 2.75) is 181 Å². The normalized spacial score (nSPS) is 46.4. The smallest absolute Gasteiger partial charge is 0.330 e. The molecule has 3 saturated heterocycles. The summed E-state index contributed by atoms with van der Waals surface area (Å²) in [5.74, 6) is -4.51. The molecule has 6 aliphatic rings. The van der Waals surface area contributed by atoms with Gasteiger partial charge in [-0.1, -0.05) is 6.08 Å². The zero-order chi connectivity index (χ0) is 45.0. The molecule has 0 aromatic heterocycles. The summed E-state index contributed by atoms with van der Waals surface area (Å²) in [5.41, 5.74) is 0. The van der Waals surface area contributed by atoms with Crippen molar-refractivity contribution in [1.82, 2.24) is 0 Å². The molecule has 62 heavy (non-hydrogen) atoms. The van der Waals surface area contributed by atoms with Gasteiger partial charge in [-0.05, 0) is 63.2 Å². The van der Waals surface area contributed by atoms with Crippen LogP contribution in [-0.4, -0.2) is 211 Å². The lowest BCUT2D eigenvalue weighted by Crippen LogP contribution is -2.64. The van der Waals surface area contributed by atoms with Gasteiger partial charge in [0.25, 0.3) is 0 Å². The van der Waals surface area contributed by atoms with Gasteiger partial charge in [0.05, 0.1) is 48.8 Å². The number of carboxylic acid groups (broad SMARTS) is 1. The van der Waals surface area contributed by atoms with Gasteiger partial charge in [0.1, 0.15) is 74.6 Å². The molecule has 0 aromatic rings. The molecule has 22 nitrogen and oxygen atoms in total. The third-order valence-electron chi connectivity index (χ3n) is 13.1. The molecule has 354 valence electrons. The first-order valence-electron chi connectivity index (χ1n) is 21.3. The maximum Gasteiger partial charge on any atom is 0.330 e. The number of hydrogen-bond acceptors (Lipinski definition) is 21. The molecule has 6 rings (SSSR count). The lowest BCUT2D eigenvalue weighted by atomic mass is 9.72. The zero-order valence-corrected chi connectivity index (χ0v) is 34.3. The summed E-state index contributed by atoms with van der Waals surface area (Å²) in [6.07, 6.45) is -20.6. The Labute approximate surface area is 356 Å². The summed E-state index contributed by atoms with van der Waals surface area (Å²) in [4.78, 5) is 35.4. The largest absolute Gasteiger partial charge is 0.481 e. The van der Waals surface area contributed by atoms with Crippen molar-refractivity contribution in [1.29, 1.82) is 0 Å². The SMILES string of the molecule is COC1CC(C2OC3CC(O)CC(OC4OC(COC(=O)CC(=O)O)C(O)C(O)C4O)C3CC2OC2OC(COC(=O)C=CC3CCC(O)CC3)C(O)C(O)C2O)CC(O)C1O. The molecule has 0 radical (unpaired) electrons. The number of rotatable bonds is 14. The number of allylic oxidation sites excluding steroid dienone is 1. The average Bonchev–Trinajstić information content (AvgIpc) is 3.23. The van der Waals surface area contributed by atoms with Crippen molar-refractivity contribution >= 4 is 17.9 Å². The van der Waals surface area contributed by atoms with E-state index in [9.17, 15) is 65.4 Å². The number of carbonyl (C=O) groups is 3. The van der Waals surface area contributed by atoms with Gasteiger partial charge < -0.3 is 94.1 Å². The fourth-order valence-corrected chi connectivity index (χ4v) is 9.56. The van der Waals surface area contributed by atoms with Gasteiger partial charge >= 0.3 is 17.9 Å². The summed E-state index contributed by atoms with van der Waals surface area (Å²) in [6.45, 7) is -1.23. The van der Waals surface area contributed by atoms with Crippen molar-refractivity contribution < 1.29 is 108 Å². The number of carbonyl (C=O) groups excluding carboxylic acids is 2. The number of carboxylic acids is 1. The number of aliphatic hydroxyl groups is 10. The van der Waals surface area contributed by atoms with E-state index in [1.165, 1.54) is 13.2 Å². The predicted octanol–water partition coefficient (Wildman–Crippen LogP) is -3.88. The van der Waals surface area contributed by atoms with Crippen molar-refractivity contribution in [2.75, 3.05) is 20.3 Å².